The number of aromatic nitrogens is 2. The Bertz CT molecular complexity index is 2730. The first-order valence-corrected chi connectivity index (χ1v) is 16.9. The molecule has 0 spiro atoms. The van der Waals surface area contributed by atoms with Gasteiger partial charge in [0.15, 0.2) is 0 Å². The molecule has 7 aromatic rings. The zero-order chi connectivity index (χ0) is 33.8. The summed E-state index contributed by atoms with van der Waals surface area (Å²) >= 11 is 0. The minimum Gasteiger partial charge on any atom is -0.313 e. The van der Waals surface area contributed by atoms with Crippen LogP contribution < -0.4 is 0 Å². The molecule has 5 nitrogen and oxygen atoms in total. The molecule has 0 fully saturated rings. The number of rotatable bonds is 4. The molecule has 1 unspecified atom stereocenters. The van der Waals surface area contributed by atoms with Crippen LogP contribution in [-0.4, -0.2) is 9.13 Å². The summed E-state index contributed by atoms with van der Waals surface area (Å²) in [4.78, 5) is 0. The average Bonchev–Trinajstić information content (AvgIpc) is 3.70. The normalized spacial score (nSPS) is 14.5. The zero-order valence-corrected chi connectivity index (χ0v) is 27.1. The van der Waals surface area contributed by atoms with E-state index in [-0.39, 0.29) is 5.92 Å². The lowest BCUT2D eigenvalue weighted by Crippen LogP contribution is -2.07. The zero-order valence-electron chi connectivity index (χ0n) is 27.1. The molecular formula is C45H29N5. The summed E-state index contributed by atoms with van der Waals surface area (Å²) in [7, 11) is 0. The fourth-order valence-electron chi connectivity index (χ4n) is 7.92. The Morgan fingerprint density at radius 2 is 1.44 bits per heavy atom. The second-order valence-electron chi connectivity index (χ2n) is 12.9. The lowest BCUT2D eigenvalue weighted by molar-refractivity contribution is 0.809. The molecule has 2 aromatic heterocycles. The maximum Gasteiger partial charge on any atom is 0.0998 e. The fraction of sp³-hybridized carbons (Fsp3) is 0.0889. The molecule has 0 bridgehead atoms. The van der Waals surface area contributed by atoms with E-state index >= 15 is 0 Å². The van der Waals surface area contributed by atoms with E-state index in [9.17, 15) is 15.8 Å². The molecule has 2 aliphatic carbocycles. The van der Waals surface area contributed by atoms with Crippen LogP contribution in [0.3, 0.4) is 0 Å². The number of allylic oxidation sites excluding steroid dienone is 2. The molecular weight excluding hydrogens is 611 g/mol. The number of nitrogens with zero attached hydrogens (tertiary/aromatic N) is 5. The van der Waals surface area contributed by atoms with Gasteiger partial charge < -0.3 is 9.13 Å². The van der Waals surface area contributed by atoms with Gasteiger partial charge in [0.05, 0.1) is 52.0 Å². The van der Waals surface area contributed by atoms with Gasteiger partial charge in [-0.1, -0.05) is 72.8 Å². The van der Waals surface area contributed by atoms with Crippen LogP contribution >= 0.6 is 0 Å². The summed E-state index contributed by atoms with van der Waals surface area (Å²) in [5, 5.41) is 32.4. The van der Waals surface area contributed by atoms with Crippen LogP contribution in [-0.2, 0) is 12.8 Å². The first-order chi connectivity index (χ1) is 24.7. The SMILES string of the molecule is N#Cc1ccc(-n2c3c(c4ccccc42)CC(C#N)C=C3)c(-c2cccc(-c3cc(-n4c5c(c6ccccc64)C=CCC5)ccc3C#N)c2)c1. The molecule has 1 atom stereocenters. The molecule has 2 heterocycles. The second-order valence-corrected chi connectivity index (χ2v) is 12.9. The van der Waals surface area contributed by atoms with Crippen LogP contribution in [0.15, 0.2) is 121 Å². The molecule has 5 heteroatoms. The van der Waals surface area contributed by atoms with E-state index in [4.69, 9.17) is 0 Å². The van der Waals surface area contributed by atoms with Crippen molar-refractivity contribution in [1.29, 1.82) is 15.8 Å². The Balaban J connectivity index is 1.23. The van der Waals surface area contributed by atoms with Crippen LogP contribution in [0.1, 0.15) is 40.1 Å². The van der Waals surface area contributed by atoms with Crippen LogP contribution in [0, 0.1) is 39.9 Å². The summed E-state index contributed by atoms with van der Waals surface area (Å²) in [5.74, 6) is -0.171. The van der Waals surface area contributed by atoms with Gasteiger partial charge in [0, 0.05) is 44.5 Å². The van der Waals surface area contributed by atoms with Crippen LogP contribution in [0.4, 0.5) is 0 Å². The van der Waals surface area contributed by atoms with E-state index in [1.807, 2.05) is 48.5 Å². The molecule has 2 aliphatic rings. The smallest absolute Gasteiger partial charge is 0.0998 e. The van der Waals surface area contributed by atoms with Crippen molar-refractivity contribution < 1.29 is 0 Å². The number of hydrogen-bond donors (Lipinski definition) is 0. The molecule has 0 amide bonds. The van der Waals surface area contributed by atoms with Gasteiger partial charge in [0.2, 0.25) is 0 Å². The van der Waals surface area contributed by atoms with Gasteiger partial charge >= 0.3 is 0 Å². The first-order valence-electron chi connectivity index (χ1n) is 16.9. The van der Waals surface area contributed by atoms with E-state index in [0.29, 0.717) is 17.5 Å². The summed E-state index contributed by atoms with van der Waals surface area (Å²) in [6.07, 6.45) is 11.1. The van der Waals surface area contributed by atoms with E-state index in [0.717, 1.165) is 74.1 Å². The number of nitriles is 3. The molecule has 5 aromatic carbocycles. The molecule has 0 N–H and O–H groups in total. The Kier molecular flexibility index (Phi) is 6.84. The van der Waals surface area contributed by atoms with Gasteiger partial charge in [-0.15, -0.1) is 0 Å². The highest BCUT2D eigenvalue weighted by molar-refractivity contribution is 5.95. The van der Waals surface area contributed by atoms with Gasteiger partial charge in [-0.05, 0) is 96.6 Å². The number of para-hydroxylation sites is 2. The van der Waals surface area contributed by atoms with Gasteiger partial charge in [0.25, 0.3) is 0 Å². The maximum absolute atomic E-state index is 10.3. The predicted octanol–water partition coefficient (Wildman–Crippen LogP) is 10.3. The number of fused-ring (bicyclic) bond motifs is 6. The van der Waals surface area contributed by atoms with Gasteiger partial charge in [-0.25, -0.2) is 0 Å². The molecule has 0 saturated carbocycles. The van der Waals surface area contributed by atoms with Gasteiger partial charge in [-0.2, -0.15) is 15.8 Å². The second kappa shape index (κ2) is 11.7. The highest BCUT2D eigenvalue weighted by Crippen LogP contribution is 2.40. The lowest BCUT2D eigenvalue weighted by atomic mass is 9.92. The molecule has 0 radical (unpaired) electrons. The molecule has 9 rings (SSSR count). The first kappa shape index (κ1) is 29.3. The molecule has 50 heavy (non-hydrogen) atoms. The van der Waals surface area contributed by atoms with E-state index < -0.39 is 0 Å². The third-order valence-electron chi connectivity index (χ3n) is 10.2. The highest BCUT2D eigenvalue weighted by Gasteiger charge is 2.24. The quantitative estimate of drug-likeness (QED) is 0.192. The number of hydrogen-bond acceptors (Lipinski definition) is 3. The summed E-state index contributed by atoms with van der Waals surface area (Å²) in [6.45, 7) is 0. The van der Waals surface area contributed by atoms with Crippen molar-refractivity contribution in [3.8, 4) is 51.8 Å². The van der Waals surface area contributed by atoms with Crippen molar-refractivity contribution in [3.05, 3.63) is 155 Å². The van der Waals surface area contributed by atoms with Crippen LogP contribution in [0.2, 0.25) is 0 Å². The maximum atomic E-state index is 10.3. The fourth-order valence-corrected chi connectivity index (χ4v) is 7.92. The van der Waals surface area contributed by atoms with Crippen LogP contribution in [0.5, 0.6) is 0 Å². The summed E-state index contributed by atoms with van der Waals surface area (Å²) < 4.78 is 4.61. The van der Waals surface area contributed by atoms with E-state index in [1.54, 1.807) is 0 Å². The molecule has 234 valence electrons. The topological polar surface area (TPSA) is 81.2 Å². The third kappa shape index (κ3) is 4.51. The number of benzene rings is 5. The lowest BCUT2D eigenvalue weighted by Gasteiger charge is -2.18. The standard InChI is InChI=1S/C45H29N5/c46-26-29-16-20-44(50-43-15-6-3-12-37(43)40-23-30(27-47)17-21-45(40)50)39(22-29)32-9-7-8-31(24-32)38-25-34(19-18-33(38)28-48)49-41-13-4-1-10-35(41)36-11-2-5-14-42(36)49/h1-4,6-13,15-22,24-25,30H,5,14,23H2. The minimum absolute atomic E-state index is 0.171. The third-order valence-corrected chi connectivity index (χ3v) is 10.2. The Hall–Kier alpha value is -6.87. The highest BCUT2D eigenvalue weighted by atomic mass is 15.0. The van der Waals surface area contributed by atoms with Crippen molar-refractivity contribution in [2.24, 2.45) is 5.92 Å². The molecule has 0 aliphatic heterocycles. The Labute approximate surface area is 290 Å². The Morgan fingerprint density at radius 1 is 0.660 bits per heavy atom. The summed E-state index contributed by atoms with van der Waals surface area (Å²) in [5.41, 5.74) is 13.8. The van der Waals surface area contributed by atoms with Gasteiger partial charge in [-0.3, -0.25) is 0 Å². The largest absolute Gasteiger partial charge is 0.313 e. The van der Waals surface area contributed by atoms with E-state index in [2.05, 4.69) is 112 Å². The van der Waals surface area contributed by atoms with Crippen molar-refractivity contribution in [2.75, 3.05) is 0 Å². The van der Waals surface area contributed by atoms with Crippen molar-refractivity contribution >= 4 is 34.0 Å². The van der Waals surface area contributed by atoms with Crippen molar-refractivity contribution in [2.45, 2.75) is 19.3 Å². The van der Waals surface area contributed by atoms with Crippen LogP contribution in [0.25, 0.3) is 67.6 Å². The van der Waals surface area contributed by atoms with Gasteiger partial charge in [0.1, 0.15) is 0 Å². The minimum atomic E-state index is -0.171. The average molecular weight is 640 g/mol. The monoisotopic (exact) mass is 639 g/mol. The van der Waals surface area contributed by atoms with Crippen molar-refractivity contribution in [1.82, 2.24) is 9.13 Å². The van der Waals surface area contributed by atoms with E-state index in [1.165, 1.54) is 16.6 Å². The molecule has 0 saturated heterocycles. The summed E-state index contributed by atoms with van der Waals surface area (Å²) in [6, 6.07) is 44.3. The predicted molar refractivity (Wildman–Crippen MR) is 200 cm³/mol. The van der Waals surface area contributed by atoms with Crippen molar-refractivity contribution in [3.63, 3.8) is 0 Å². The Morgan fingerprint density at radius 3 is 2.24 bits per heavy atom.